The topological polar surface area (TPSA) is 29.3 Å². The highest BCUT2D eigenvalue weighted by atomic mass is 79.9. The van der Waals surface area contributed by atoms with Crippen LogP contribution >= 0.6 is 39.5 Å². The van der Waals surface area contributed by atoms with Crippen LogP contribution in [0.15, 0.2) is 40.2 Å². The normalized spacial score (nSPS) is 14.2. The monoisotopic (exact) mass is 366 g/mol. The lowest BCUT2D eigenvalue weighted by molar-refractivity contribution is 0.802. The Morgan fingerprint density at radius 3 is 2.75 bits per heavy atom. The second-order valence-corrected chi connectivity index (χ2v) is 7.26. The molecule has 1 aliphatic rings. The fourth-order valence-electron chi connectivity index (χ4n) is 2.36. The van der Waals surface area contributed by atoms with Crippen LogP contribution in [0, 0.1) is 0 Å². The van der Waals surface area contributed by atoms with E-state index in [9.17, 15) is 0 Å². The Kier molecular flexibility index (Phi) is 4.10. The van der Waals surface area contributed by atoms with Crippen LogP contribution in [0.5, 0.6) is 0 Å². The summed E-state index contributed by atoms with van der Waals surface area (Å²) in [5.41, 5.74) is 8.02. The van der Waals surface area contributed by atoms with E-state index in [1.54, 1.807) is 11.3 Å². The van der Waals surface area contributed by atoms with Crippen molar-refractivity contribution in [3.63, 3.8) is 0 Å². The molecule has 1 heterocycles. The van der Waals surface area contributed by atoms with Crippen molar-refractivity contribution in [2.75, 3.05) is 4.90 Å². The van der Waals surface area contributed by atoms with Gasteiger partial charge in [0, 0.05) is 26.6 Å². The lowest BCUT2D eigenvalue weighted by Gasteiger charge is -2.27. The summed E-state index contributed by atoms with van der Waals surface area (Å²) in [5, 5.41) is 2.12. The minimum atomic E-state index is 0.448. The highest BCUT2D eigenvalue weighted by molar-refractivity contribution is 9.10. The SMILES string of the molecule is NC(=S)c1c(Br)cccc1N(Cc1cccs1)C1CC1. The van der Waals surface area contributed by atoms with Crippen LogP contribution in [0.4, 0.5) is 5.69 Å². The van der Waals surface area contributed by atoms with Crippen molar-refractivity contribution in [1.82, 2.24) is 0 Å². The van der Waals surface area contributed by atoms with E-state index in [2.05, 4.69) is 44.4 Å². The average molecular weight is 367 g/mol. The number of halogens is 1. The maximum Gasteiger partial charge on any atom is 0.107 e. The molecule has 0 amide bonds. The van der Waals surface area contributed by atoms with Crippen LogP contribution < -0.4 is 10.6 Å². The van der Waals surface area contributed by atoms with E-state index in [0.29, 0.717) is 11.0 Å². The van der Waals surface area contributed by atoms with Gasteiger partial charge in [0.2, 0.25) is 0 Å². The summed E-state index contributed by atoms with van der Waals surface area (Å²) in [6.07, 6.45) is 2.49. The lowest BCUT2D eigenvalue weighted by Crippen LogP contribution is -2.27. The first kappa shape index (κ1) is 14.0. The zero-order chi connectivity index (χ0) is 14.1. The van der Waals surface area contributed by atoms with Gasteiger partial charge in [0.05, 0.1) is 6.54 Å². The van der Waals surface area contributed by atoms with Crippen molar-refractivity contribution in [2.24, 2.45) is 5.73 Å². The van der Waals surface area contributed by atoms with Crippen molar-refractivity contribution < 1.29 is 0 Å². The number of benzene rings is 1. The first-order valence-corrected chi connectivity index (χ1v) is 8.62. The van der Waals surface area contributed by atoms with E-state index in [4.69, 9.17) is 18.0 Å². The number of hydrogen-bond acceptors (Lipinski definition) is 3. The summed E-state index contributed by atoms with van der Waals surface area (Å²) in [4.78, 5) is 4.25. The molecule has 0 atom stereocenters. The molecule has 20 heavy (non-hydrogen) atoms. The second-order valence-electron chi connectivity index (χ2n) is 4.94. The maximum absolute atomic E-state index is 5.92. The molecule has 0 radical (unpaired) electrons. The molecule has 3 rings (SSSR count). The predicted octanol–water partition coefficient (Wildman–Crippen LogP) is 4.31. The van der Waals surface area contributed by atoms with Gasteiger partial charge in [0.1, 0.15) is 4.99 Å². The molecular weight excluding hydrogens is 352 g/mol. The Morgan fingerprint density at radius 1 is 1.35 bits per heavy atom. The Labute approximate surface area is 136 Å². The lowest BCUT2D eigenvalue weighted by atomic mass is 10.1. The second kappa shape index (κ2) is 5.84. The summed E-state index contributed by atoms with van der Waals surface area (Å²) in [7, 11) is 0. The molecule has 1 fully saturated rings. The van der Waals surface area contributed by atoms with Gasteiger partial charge in [-0.25, -0.2) is 0 Å². The summed E-state index contributed by atoms with van der Waals surface area (Å²) < 4.78 is 0.972. The molecule has 2 nitrogen and oxygen atoms in total. The van der Waals surface area contributed by atoms with Crippen LogP contribution in [0.3, 0.4) is 0 Å². The van der Waals surface area contributed by atoms with Crippen LogP contribution in [0.2, 0.25) is 0 Å². The number of nitrogens with two attached hydrogens (primary N) is 1. The van der Waals surface area contributed by atoms with E-state index < -0.39 is 0 Å². The van der Waals surface area contributed by atoms with Crippen LogP contribution in [0.25, 0.3) is 0 Å². The van der Waals surface area contributed by atoms with Crippen LogP contribution in [-0.2, 0) is 6.54 Å². The minimum absolute atomic E-state index is 0.448. The fraction of sp³-hybridized carbons (Fsp3) is 0.267. The molecule has 1 aromatic heterocycles. The summed E-state index contributed by atoms with van der Waals surface area (Å²) in [6, 6.07) is 11.0. The Bertz CT molecular complexity index is 621. The van der Waals surface area contributed by atoms with Gasteiger partial charge in [-0.3, -0.25) is 0 Å². The smallest absolute Gasteiger partial charge is 0.107 e. The molecule has 0 aliphatic heterocycles. The molecule has 1 aliphatic carbocycles. The molecule has 0 unspecified atom stereocenters. The van der Waals surface area contributed by atoms with Gasteiger partial charge < -0.3 is 10.6 Å². The number of nitrogens with zero attached hydrogens (tertiary/aromatic N) is 1. The number of anilines is 1. The van der Waals surface area contributed by atoms with Gasteiger partial charge in [0.25, 0.3) is 0 Å². The minimum Gasteiger partial charge on any atom is -0.389 e. The quantitative estimate of drug-likeness (QED) is 0.799. The predicted molar refractivity (Wildman–Crippen MR) is 93.6 cm³/mol. The zero-order valence-electron chi connectivity index (χ0n) is 10.9. The Balaban J connectivity index is 1.99. The molecule has 5 heteroatoms. The van der Waals surface area contributed by atoms with Gasteiger partial charge >= 0.3 is 0 Å². The van der Waals surface area contributed by atoms with Gasteiger partial charge in [-0.05, 0) is 52.4 Å². The van der Waals surface area contributed by atoms with Crippen LogP contribution in [0.1, 0.15) is 23.3 Å². The number of thiophene rings is 1. The van der Waals surface area contributed by atoms with Crippen molar-refractivity contribution in [2.45, 2.75) is 25.4 Å². The first-order valence-electron chi connectivity index (χ1n) is 6.54. The summed E-state index contributed by atoms with van der Waals surface area (Å²) >= 11 is 10.6. The summed E-state index contributed by atoms with van der Waals surface area (Å²) in [6.45, 7) is 0.925. The van der Waals surface area contributed by atoms with Gasteiger partial charge in [-0.15, -0.1) is 11.3 Å². The molecule has 0 bridgehead atoms. The van der Waals surface area contributed by atoms with E-state index in [-0.39, 0.29) is 0 Å². The molecule has 1 aromatic carbocycles. The van der Waals surface area contributed by atoms with E-state index >= 15 is 0 Å². The maximum atomic E-state index is 5.92. The first-order chi connectivity index (χ1) is 9.66. The highest BCUT2D eigenvalue weighted by Crippen LogP contribution is 2.37. The molecule has 104 valence electrons. The third kappa shape index (κ3) is 2.90. The largest absolute Gasteiger partial charge is 0.389 e. The van der Waals surface area contributed by atoms with Crippen molar-refractivity contribution >= 4 is 50.2 Å². The standard InChI is InChI=1S/C15H15BrN2S2/c16-12-4-1-5-13(14(12)15(17)19)18(10-6-7-10)9-11-3-2-8-20-11/h1-5,8,10H,6-7,9H2,(H2,17,19). The molecular formula is C15H15BrN2S2. The average Bonchev–Trinajstić information content (AvgIpc) is 3.12. The van der Waals surface area contributed by atoms with E-state index in [1.165, 1.54) is 17.7 Å². The molecule has 1 saturated carbocycles. The van der Waals surface area contributed by atoms with Crippen molar-refractivity contribution in [3.8, 4) is 0 Å². The number of thiocarbonyl (C=S) groups is 1. The molecule has 2 aromatic rings. The van der Waals surface area contributed by atoms with Gasteiger partial charge in [-0.2, -0.15) is 0 Å². The van der Waals surface area contributed by atoms with Crippen molar-refractivity contribution in [3.05, 3.63) is 50.6 Å². The number of hydrogen-bond donors (Lipinski definition) is 1. The highest BCUT2D eigenvalue weighted by Gasteiger charge is 2.31. The zero-order valence-corrected chi connectivity index (χ0v) is 14.1. The fourth-order valence-corrected chi connectivity index (χ4v) is 3.98. The molecule has 0 spiro atoms. The van der Waals surface area contributed by atoms with Gasteiger partial charge in [0.15, 0.2) is 0 Å². The van der Waals surface area contributed by atoms with Gasteiger partial charge in [-0.1, -0.05) is 24.4 Å². The van der Waals surface area contributed by atoms with E-state index in [1.807, 2.05) is 12.1 Å². The molecule has 2 N–H and O–H groups in total. The Morgan fingerprint density at radius 2 is 2.15 bits per heavy atom. The third-order valence-corrected chi connectivity index (χ3v) is 5.17. The van der Waals surface area contributed by atoms with Crippen LogP contribution in [-0.4, -0.2) is 11.0 Å². The third-order valence-electron chi connectivity index (χ3n) is 3.44. The summed E-state index contributed by atoms with van der Waals surface area (Å²) in [5.74, 6) is 0. The Hall–Kier alpha value is -0.910. The van der Waals surface area contributed by atoms with Crippen molar-refractivity contribution in [1.29, 1.82) is 0 Å². The number of rotatable bonds is 5. The molecule has 0 saturated heterocycles. The van der Waals surface area contributed by atoms with E-state index in [0.717, 1.165) is 22.3 Å².